The Kier molecular flexibility index (Phi) is 6.72. The molecule has 0 atom stereocenters. The zero-order valence-corrected chi connectivity index (χ0v) is 18.4. The molecule has 2 heterocycles. The van der Waals surface area contributed by atoms with Crippen molar-refractivity contribution < 1.29 is 4.79 Å². The second-order valence-corrected chi connectivity index (χ2v) is 7.53. The Morgan fingerprint density at radius 3 is 2.53 bits per heavy atom. The molecule has 0 saturated carbocycles. The number of anilines is 1. The molecular weight excluding hydrogens is 398 g/mol. The van der Waals surface area contributed by atoms with Gasteiger partial charge in [0, 0.05) is 36.4 Å². The van der Waals surface area contributed by atoms with Crippen molar-refractivity contribution in [3.63, 3.8) is 0 Å². The zero-order valence-electron chi connectivity index (χ0n) is 18.4. The highest BCUT2D eigenvalue weighted by molar-refractivity contribution is 6.08. The molecule has 1 N–H and O–H groups in total. The van der Waals surface area contributed by atoms with Crippen LogP contribution < -0.4 is 5.32 Å². The first-order valence-electron chi connectivity index (χ1n) is 10.9. The standard InChI is InChI=1S/C26H27N5O/c1-3-30(4-2)18-20-10-8-12-22(16-20)28-26(32)24-19-31(23-13-6-5-7-14-23)29-25(24)21-11-9-15-27-17-21/h5-17,19H,3-4,18H2,1-2H3,(H,28,32). The minimum atomic E-state index is -0.203. The van der Waals surface area contributed by atoms with Crippen LogP contribution in [-0.2, 0) is 6.54 Å². The molecule has 0 aliphatic rings. The lowest BCUT2D eigenvalue weighted by Gasteiger charge is -2.18. The van der Waals surface area contributed by atoms with Gasteiger partial charge in [0.15, 0.2) is 0 Å². The van der Waals surface area contributed by atoms with Crippen LogP contribution in [0.1, 0.15) is 29.8 Å². The summed E-state index contributed by atoms with van der Waals surface area (Å²) in [5.41, 5.74) is 4.71. The predicted molar refractivity (Wildman–Crippen MR) is 128 cm³/mol. The van der Waals surface area contributed by atoms with E-state index in [0.717, 1.165) is 36.6 Å². The quantitative estimate of drug-likeness (QED) is 0.430. The number of nitrogens with one attached hydrogen (secondary N) is 1. The van der Waals surface area contributed by atoms with Crippen molar-refractivity contribution in [2.75, 3.05) is 18.4 Å². The first-order chi connectivity index (χ1) is 15.7. The maximum Gasteiger partial charge on any atom is 0.259 e. The Balaban J connectivity index is 1.64. The Morgan fingerprint density at radius 2 is 1.81 bits per heavy atom. The molecule has 0 spiro atoms. The third-order valence-electron chi connectivity index (χ3n) is 5.40. The van der Waals surface area contributed by atoms with Gasteiger partial charge in [0.25, 0.3) is 5.91 Å². The van der Waals surface area contributed by atoms with Crippen LogP contribution in [0.5, 0.6) is 0 Å². The second-order valence-electron chi connectivity index (χ2n) is 7.53. The van der Waals surface area contributed by atoms with E-state index in [-0.39, 0.29) is 5.91 Å². The number of pyridine rings is 1. The van der Waals surface area contributed by atoms with Gasteiger partial charge in [0.1, 0.15) is 5.69 Å². The molecule has 32 heavy (non-hydrogen) atoms. The lowest BCUT2D eigenvalue weighted by molar-refractivity contribution is 0.102. The van der Waals surface area contributed by atoms with Gasteiger partial charge in [-0.2, -0.15) is 5.10 Å². The van der Waals surface area contributed by atoms with E-state index >= 15 is 0 Å². The molecule has 0 radical (unpaired) electrons. The molecule has 0 saturated heterocycles. The van der Waals surface area contributed by atoms with Gasteiger partial charge in [0.05, 0.1) is 11.3 Å². The summed E-state index contributed by atoms with van der Waals surface area (Å²) in [6.45, 7) is 7.13. The summed E-state index contributed by atoms with van der Waals surface area (Å²) < 4.78 is 1.73. The molecule has 4 rings (SSSR count). The van der Waals surface area contributed by atoms with Crippen LogP contribution in [0.15, 0.2) is 85.3 Å². The molecule has 162 valence electrons. The molecule has 0 bridgehead atoms. The smallest absolute Gasteiger partial charge is 0.259 e. The lowest BCUT2D eigenvalue weighted by Crippen LogP contribution is -2.22. The van der Waals surface area contributed by atoms with Crippen molar-refractivity contribution in [1.82, 2.24) is 19.7 Å². The van der Waals surface area contributed by atoms with Gasteiger partial charge in [-0.05, 0) is 55.1 Å². The fraction of sp³-hybridized carbons (Fsp3) is 0.192. The molecule has 6 heteroatoms. The maximum absolute atomic E-state index is 13.3. The van der Waals surface area contributed by atoms with Gasteiger partial charge in [-0.1, -0.05) is 44.2 Å². The third kappa shape index (κ3) is 4.92. The van der Waals surface area contributed by atoms with Crippen molar-refractivity contribution in [2.45, 2.75) is 20.4 Å². The van der Waals surface area contributed by atoms with Gasteiger partial charge in [-0.3, -0.25) is 14.7 Å². The summed E-state index contributed by atoms with van der Waals surface area (Å²) in [6, 6.07) is 21.5. The van der Waals surface area contributed by atoms with Crippen molar-refractivity contribution in [2.24, 2.45) is 0 Å². The van der Waals surface area contributed by atoms with E-state index in [1.54, 1.807) is 23.3 Å². The van der Waals surface area contributed by atoms with E-state index in [1.807, 2.05) is 60.7 Å². The fourth-order valence-electron chi connectivity index (χ4n) is 3.62. The summed E-state index contributed by atoms with van der Waals surface area (Å²) in [4.78, 5) is 19.8. The van der Waals surface area contributed by atoms with E-state index in [0.29, 0.717) is 11.3 Å². The van der Waals surface area contributed by atoms with Crippen LogP contribution in [-0.4, -0.2) is 38.7 Å². The normalized spacial score (nSPS) is 11.0. The first kappa shape index (κ1) is 21.5. The fourth-order valence-corrected chi connectivity index (χ4v) is 3.62. The number of rotatable bonds is 8. The molecule has 1 amide bonds. The molecule has 4 aromatic rings. The Morgan fingerprint density at radius 1 is 1.00 bits per heavy atom. The van der Waals surface area contributed by atoms with E-state index in [4.69, 9.17) is 5.10 Å². The first-order valence-corrected chi connectivity index (χ1v) is 10.9. The van der Waals surface area contributed by atoms with Gasteiger partial charge in [0.2, 0.25) is 0 Å². The van der Waals surface area contributed by atoms with Crippen LogP contribution >= 0.6 is 0 Å². The van der Waals surface area contributed by atoms with Gasteiger partial charge in [-0.15, -0.1) is 0 Å². The summed E-state index contributed by atoms with van der Waals surface area (Å²) in [5.74, 6) is -0.203. The topological polar surface area (TPSA) is 63.1 Å². The van der Waals surface area contributed by atoms with E-state index < -0.39 is 0 Å². The SMILES string of the molecule is CCN(CC)Cc1cccc(NC(=O)c2cn(-c3ccccc3)nc2-c2cccnc2)c1. The molecule has 0 fully saturated rings. The number of amides is 1. The summed E-state index contributed by atoms with van der Waals surface area (Å²) in [6.07, 6.45) is 5.20. The monoisotopic (exact) mass is 425 g/mol. The predicted octanol–water partition coefficient (Wildman–Crippen LogP) is 5.03. The third-order valence-corrected chi connectivity index (χ3v) is 5.40. The summed E-state index contributed by atoms with van der Waals surface area (Å²) in [5, 5.41) is 7.75. The van der Waals surface area contributed by atoms with Crippen LogP contribution in [0.4, 0.5) is 5.69 Å². The largest absolute Gasteiger partial charge is 0.322 e. The molecule has 2 aromatic carbocycles. The van der Waals surface area contributed by atoms with Gasteiger partial charge < -0.3 is 5.32 Å². The Labute approximate surface area is 188 Å². The average Bonchev–Trinajstić information content (AvgIpc) is 3.30. The molecule has 0 unspecified atom stereocenters. The molecule has 2 aromatic heterocycles. The van der Waals surface area contributed by atoms with Crippen LogP contribution in [0.25, 0.3) is 16.9 Å². The van der Waals surface area contributed by atoms with Crippen LogP contribution in [0, 0.1) is 0 Å². The number of carbonyl (C=O) groups is 1. The lowest BCUT2D eigenvalue weighted by atomic mass is 10.1. The number of hydrogen-bond acceptors (Lipinski definition) is 4. The molecule has 0 aliphatic heterocycles. The molecular formula is C26H27N5O. The highest BCUT2D eigenvalue weighted by atomic mass is 16.1. The van der Waals surface area contributed by atoms with Crippen molar-refractivity contribution in [3.05, 3.63) is 96.4 Å². The average molecular weight is 426 g/mol. The summed E-state index contributed by atoms with van der Waals surface area (Å²) in [7, 11) is 0. The van der Waals surface area contributed by atoms with Crippen LogP contribution in [0.2, 0.25) is 0 Å². The van der Waals surface area contributed by atoms with Crippen molar-refractivity contribution >= 4 is 11.6 Å². The number of nitrogens with zero attached hydrogens (tertiary/aromatic N) is 4. The minimum absolute atomic E-state index is 0.203. The highest BCUT2D eigenvalue weighted by Crippen LogP contribution is 2.24. The van der Waals surface area contributed by atoms with Crippen molar-refractivity contribution in [1.29, 1.82) is 0 Å². The second kappa shape index (κ2) is 10.0. The Hall–Kier alpha value is -3.77. The number of benzene rings is 2. The number of para-hydroxylation sites is 1. The highest BCUT2D eigenvalue weighted by Gasteiger charge is 2.19. The summed E-state index contributed by atoms with van der Waals surface area (Å²) >= 11 is 0. The zero-order chi connectivity index (χ0) is 22.3. The Bertz CT molecular complexity index is 1170. The molecule has 6 nitrogen and oxygen atoms in total. The van der Waals surface area contributed by atoms with Crippen molar-refractivity contribution in [3.8, 4) is 16.9 Å². The van der Waals surface area contributed by atoms with E-state index in [2.05, 4.69) is 35.1 Å². The maximum atomic E-state index is 13.3. The number of hydrogen-bond donors (Lipinski definition) is 1. The van der Waals surface area contributed by atoms with Crippen LogP contribution in [0.3, 0.4) is 0 Å². The molecule has 0 aliphatic carbocycles. The number of carbonyl (C=O) groups excluding carboxylic acids is 1. The van der Waals surface area contributed by atoms with Gasteiger partial charge in [-0.25, -0.2) is 4.68 Å². The van der Waals surface area contributed by atoms with E-state index in [9.17, 15) is 4.79 Å². The minimum Gasteiger partial charge on any atom is -0.322 e. The van der Waals surface area contributed by atoms with E-state index in [1.165, 1.54) is 5.56 Å². The number of aromatic nitrogens is 3. The van der Waals surface area contributed by atoms with Gasteiger partial charge >= 0.3 is 0 Å².